The second-order valence-electron chi connectivity index (χ2n) is 4.05. The predicted octanol–water partition coefficient (Wildman–Crippen LogP) is 4.06. The van der Waals surface area contributed by atoms with Crippen molar-refractivity contribution < 1.29 is 13.5 Å². The lowest BCUT2D eigenvalue weighted by Crippen LogP contribution is -2.20. The maximum atomic E-state index is 13.8. The molecule has 0 spiro atoms. The van der Waals surface area contributed by atoms with Crippen LogP contribution in [0.25, 0.3) is 0 Å². The van der Waals surface area contributed by atoms with Crippen molar-refractivity contribution in [3.8, 4) is 5.75 Å². The van der Waals surface area contributed by atoms with Crippen molar-refractivity contribution in [2.45, 2.75) is 6.04 Å². The molecule has 1 unspecified atom stereocenters. The van der Waals surface area contributed by atoms with E-state index in [2.05, 4.69) is 37.2 Å². The van der Waals surface area contributed by atoms with Crippen molar-refractivity contribution in [3.63, 3.8) is 0 Å². The number of hydrogen-bond donors (Lipinski definition) is 2. The Morgan fingerprint density at radius 1 is 1.40 bits per heavy atom. The standard InChI is InChI=1S/C13H13Br2FN2O2/c1-19-7-2-3-9(16)10(4-7)18-11(6-17)12-5-8(14)13(15)20-12/h2-5,11,18H,6,17H2,1H3. The molecule has 0 fully saturated rings. The number of anilines is 1. The quantitative estimate of drug-likeness (QED) is 0.784. The summed E-state index contributed by atoms with van der Waals surface area (Å²) in [6, 6.07) is 5.90. The SMILES string of the molecule is COc1ccc(F)c(NC(CN)c2cc(Br)c(Br)o2)c1. The molecule has 0 aliphatic heterocycles. The van der Waals surface area contributed by atoms with Gasteiger partial charge in [-0.25, -0.2) is 4.39 Å². The van der Waals surface area contributed by atoms with Crippen LogP contribution in [-0.2, 0) is 0 Å². The summed E-state index contributed by atoms with van der Waals surface area (Å²) in [6.45, 7) is 0.253. The van der Waals surface area contributed by atoms with Crippen LogP contribution in [0, 0.1) is 5.82 Å². The van der Waals surface area contributed by atoms with Gasteiger partial charge in [-0.15, -0.1) is 0 Å². The molecule has 2 rings (SSSR count). The van der Waals surface area contributed by atoms with Crippen LogP contribution >= 0.6 is 31.9 Å². The van der Waals surface area contributed by atoms with Crippen molar-refractivity contribution in [1.29, 1.82) is 0 Å². The molecule has 0 aliphatic carbocycles. The molecule has 108 valence electrons. The summed E-state index contributed by atoms with van der Waals surface area (Å²) >= 11 is 6.59. The summed E-state index contributed by atoms with van der Waals surface area (Å²) in [7, 11) is 1.53. The van der Waals surface area contributed by atoms with Crippen molar-refractivity contribution in [2.24, 2.45) is 5.73 Å². The third-order valence-electron chi connectivity index (χ3n) is 2.75. The van der Waals surface area contributed by atoms with Crippen molar-refractivity contribution >= 4 is 37.5 Å². The van der Waals surface area contributed by atoms with Gasteiger partial charge in [0.1, 0.15) is 17.3 Å². The van der Waals surface area contributed by atoms with E-state index in [-0.39, 0.29) is 18.4 Å². The smallest absolute Gasteiger partial charge is 0.183 e. The summed E-state index contributed by atoms with van der Waals surface area (Å²) in [5.41, 5.74) is 6.03. The van der Waals surface area contributed by atoms with Crippen LogP contribution in [0.15, 0.2) is 37.8 Å². The topological polar surface area (TPSA) is 60.4 Å². The van der Waals surface area contributed by atoms with E-state index in [1.54, 1.807) is 18.2 Å². The lowest BCUT2D eigenvalue weighted by atomic mass is 10.2. The first kappa shape index (κ1) is 15.3. The highest BCUT2D eigenvalue weighted by molar-refractivity contribution is 9.13. The summed E-state index contributed by atoms with van der Waals surface area (Å²) < 4.78 is 25.7. The molecule has 0 saturated carbocycles. The summed E-state index contributed by atoms with van der Waals surface area (Å²) in [5.74, 6) is 0.786. The second-order valence-corrected chi connectivity index (χ2v) is 5.62. The minimum absolute atomic E-state index is 0.253. The van der Waals surface area contributed by atoms with Crippen molar-refractivity contribution in [3.05, 3.63) is 45.0 Å². The van der Waals surface area contributed by atoms with Gasteiger partial charge >= 0.3 is 0 Å². The fraction of sp³-hybridized carbons (Fsp3) is 0.231. The maximum Gasteiger partial charge on any atom is 0.183 e. The molecule has 3 N–H and O–H groups in total. The Labute approximate surface area is 132 Å². The summed E-state index contributed by atoms with van der Waals surface area (Å²) in [5, 5.41) is 3.01. The predicted molar refractivity (Wildman–Crippen MR) is 82.5 cm³/mol. The van der Waals surface area contributed by atoms with Crippen molar-refractivity contribution in [1.82, 2.24) is 0 Å². The molecule has 1 atom stereocenters. The molecule has 0 radical (unpaired) electrons. The van der Waals surface area contributed by atoms with Crippen molar-refractivity contribution in [2.75, 3.05) is 19.0 Å². The molecule has 1 aromatic carbocycles. The largest absolute Gasteiger partial charge is 0.497 e. The van der Waals surface area contributed by atoms with Gasteiger partial charge in [0.2, 0.25) is 0 Å². The van der Waals surface area contributed by atoms with E-state index < -0.39 is 0 Å². The lowest BCUT2D eigenvalue weighted by molar-refractivity contribution is 0.413. The van der Waals surface area contributed by atoms with Crippen LogP contribution in [0.1, 0.15) is 11.8 Å². The van der Waals surface area contributed by atoms with Gasteiger partial charge in [-0.1, -0.05) is 0 Å². The number of methoxy groups -OCH3 is 1. The van der Waals surface area contributed by atoms with E-state index in [0.29, 0.717) is 21.9 Å². The average molecular weight is 408 g/mol. The molecule has 0 bridgehead atoms. The number of rotatable bonds is 5. The number of ether oxygens (including phenoxy) is 1. The van der Waals surface area contributed by atoms with E-state index >= 15 is 0 Å². The lowest BCUT2D eigenvalue weighted by Gasteiger charge is -2.17. The highest BCUT2D eigenvalue weighted by atomic mass is 79.9. The maximum absolute atomic E-state index is 13.8. The van der Waals surface area contributed by atoms with Gasteiger partial charge in [0.15, 0.2) is 4.67 Å². The van der Waals surface area contributed by atoms with E-state index in [4.69, 9.17) is 14.9 Å². The summed E-state index contributed by atoms with van der Waals surface area (Å²) in [4.78, 5) is 0. The van der Waals surface area contributed by atoms with Gasteiger partial charge in [-0.3, -0.25) is 0 Å². The number of benzene rings is 1. The molecule has 1 heterocycles. The number of furan rings is 1. The Bertz CT molecular complexity index is 585. The van der Waals surface area contributed by atoms with Gasteiger partial charge in [-0.2, -0.15) is 0 Å². The van der Waals surface area contributed by atoms with Crippen LogP contribution in [-0.4, -0.2) is 13.7 Å². The molecular weight excluding hydrogens is 395 g/mol. The minimum atomic E-state index is -0.381. The Kier molecular flexibility index (Phi) is 5.06. The normalized spacial score (nSPS) is 12.2. The number of nitrogens with one attached hydrogen (secondary N) is 1. The molecule has 4 nitrogen and oxygen atoms in total. The Balaban J connectivity index is 2.26. The van der Waals surface area contributed by atoms with Gasteiger partial charge in [0, 0.05) is 12.6 Å². The first-order valence-electron chi connectivity index (χ1n) is 5.80. The monoisotopic (exact) mass is 406 g/mol. The van der Waals surface area contributed by atoms with Gasteiger partial charge < -0.3 is 20.2 Å². The van der Waals surface area contributed by atoms with E-state index in [1.807, 2.05) is 0 Å². The number of nitrogens with two attached hydrogens (primary N) is 1. The van der Waals surface area contributed by atoms with Crippen LogP contribution in [0.5, 0.6) is 5.75 Å². The van der Waals surface area contributed by atoms with Crippen LogP contribution < -0.4 is 15.8 Å². The highest BCUT2D eigenvalue weighted by Gasteiger charge is 2.18. The number of halogens is 3. The molecule has 1 aromatic heterocycles. The van der Waals surface area contributed by atoms with E-state index in [1.165, 1.54) is 13.2 Å². The van der Waals surface area contributed by atoms with Gasteiger partial charge in [-0.05, 0) is 50.1 Å². The first-order chi connectivity index (χ1) is 9.55. The fourth-order valence-electron chi connectivity index (χ4n) is 1.71. The van der Waals surface area contributed by atoms with Crippen LogP contribution in [0.2, 0.25) is 0 Å². The van der Waals surface area contributed by atoms with Gasteiger partial charge in [0.05, 0.1) is 23.3 Å². The van der Waals surface area contributed by atoms with Crippen LogP contribution in [0.3, 0.4) is 0 Å². The molecule has 0 saturated heterocycles. The number of hydrogen-bond acceptors (Lipinski definition) is 4. The highest BCUT2D eigenvalue weighted by Crippen LogP contribution is 2.32. The first-order valence-corrected chi connectivity index (χ1v) is 7.38. The second kappa shape index (κ2) is 6.60. The minimum Gasteiger partial charge on any atom is -0.497 e. The van der Waals surface area contributed by atoms with E-state index in [0.717, 1.165) is 4.47 Å². The zero-order valence-corrected chi connectivity index (χ0v) is 13.8. The third-order valence-corrected chi connectivity index (χ3v) is 4.46. The Morgan fingerprint density at radius 2 is 2.15 bits per heavy atom. The Hall–Kier alpha value is -1.05. The third kappa shape index (κ3) is 3.34. The average Bonchev–Trinajstić information content (AvgIpc) is 2.77. The fourth-order valence-corrected chi connectivity index (χ4v) is 2.32. The molecule has 0 amide bonds. The zero-order valence-electron chi connectivity index (χ0n) is 10.6. The molecule has 0 aliphatic rings. The van der Waals surface area contributed by atoms with Crippen LogP contribution in [0.4, 0.5) is 10.1 Å². The van der Waals surface area contributed by atoms with Gasteiger partial charge in [0.25, 0.3) is 0 Å². The molecule has 20 heavy (non-hydrogen) atoms. The molecular formula is C13H13Br2FN2O2. The Morgan fingerprint density at radius 3 is 2.70 bits per heavy atom. The van der Waals surface area contributed by atoms with E-state index in [9.17, 15) is 4.39 Å². The zero-order chi connectivity index (χ0) is 14.7. The molecule has 2 aromatic rings. The molecule has 7 heteroatoms. The summed E-state index contributed by atoms with van der Waals surface area (Å²) in [6.07, 6.45) is 0.